The molecule has 0 fully saturated rings. The molecule has 5 nitrogen and oxygen atoms in total. The van der Waals surface area contributed by atoms with Gasteiger partial charge in [0.1, 0.15) is 24.0 Å². The summed E-state index contributed by atoms with van der Waals surface area (Å²) >= 11 is 0. The van der Waals surface area contributed by atoms with Gasteiger partial charge in [-0.3, -0.25) is 9.59 Å². The molecular weight excluding hydrogens is 347 g/mol. The first-order valence-corrected chi connectivity index (χ1v) is 7.51. The van der Waals surface area contributed by atoms with E-state index in [1.54, 1.807) is 0 Å². The van der Waals surface area contributed by atoms with Gasteiger partial charge in [-0.05, 0) is 42.5 Å². The molecule has 2 aromatic carbocycles. The van der Waals surface area contributed by atoms with E-state index in [-0.39, 0.29) is 5.69 Å². The Balaban J connectivity index is 1.81. The highest BCUT2D eigenvalue weighted by Gasteiger charge is 2.11. The van der Waals surface area contributed by atoms with Crippen molar-refractivity contribution in [2.75, 3.05) is 5.32 Å². The molecule has 0 atom stereocenters. The highest BCUT2D eigenvalue weighted by Crippen LogP contribution is 2.16. The number of nitrogens with zero attached hydrogens (tertiary/aromatic N) is 2. The Hall–Kier alpha value is -3.42. The van der Waals surface area contributed by atoms with E-state index in [9.17, 15) is 22.8 Å². The van der Waals surface area contributed by atoms with Gasteiger partial charge in [-0.1, -0.05) is 0 Å². The lowest BCUT2D eigenvalue weighted by atomic mass is 10.1. The van der Waals surface area contributed by atoms with Gasteiger partial charge in [0, 0.05) is 17.7 Å². The standard InChI is InChI=1S/C18H12F3N3O2/c19-12-3-1-11(2-4-12)15-7-8-18(26)24(23-15)10-17(25)22-16-9-13(20)5-6-14(16)21/h1-9H,10H2,(H,22,25). The van der Waals surface area contributed by atoms with E-state index in [1.165, 1.54) is 36.4 Å². The highest BCUT2D eigenvalue weighted by molar-refractivity contribution is 5.90. The molecule has 132 valence electrons. The second-order valence-electron chi connectivity index (χ2n) is 5.39. The molecule has 0 spiro atoms. The van der Waals surface area contributed by atoms with Crippen molar-refractivity contribution < 1.29 is 18.0 Å². The van der Waals surface area contributed by atoms with Crippen molar-refractivity contribution in [3.05, 3.63) is 82.4 Å². The molecule has 0 bridgehead atoms. The molecule has 1 heterocycles. The number of anilines is 1. The van der Waals surface area contributed by atoms with Crippen molar-refractivity contribution in [1.29, 1.82) is 0 Å². The van der Waals surface area contributed by atoms with E-state index in [0.29, 0.717) is 11.3 Å². The Kier molecular flexibility index (Phi) is 4.83. The normalized spacial score (nSPS) is 10.6. The Labute approximate surface area is 145 Å². The molecule has 8 heteroatoms. The van der Waals surface area contributed by atoms with Crippen LogP contribution in [-0.4, -0.2) is 15.7 Å². The van der Waals surface area contributed by atoms with Crippen molar-refractivity contribution in [2.24, 2.45) is 0 Å². The predicted molar refractivity (Wildman–Crippen MR) is 88.9 cm³/mol. The van der Waals surface area contributed by atoms with Gasteiger partial charge < -0.3 is 5.32 Å². The number of carbonyl (C=O) groups excluding carboxylic acids is 1. The Morgan fingerprint density at radius 1 is 0.962 bits per heavy atom. The second-order valence-corrected chi connectivity index (χ2v) is 5.39. The fraction of sp³-hybridized carbons (Fsp3) is 0.0556. The molecule has 3 aromatic rings. The third-order valence-electron chi connectivity index (χ3n) is 3.50. The van der Waals surface area contributed by atoms with Crippen LogP contribution in [0.25, 0.3) is 11.3 Å². The van der Waals surface area contributed by atoms with Gasteiger partial charge in [-0.2, -0.15) is 5.10 Å². The number of halogens is 3. The van der Waals surface area contributed by atoms with Crippen LogP contribution in [-0.2, 0) is 11.3 Å². The summed E-state index contributed by atoms with van der Waals surface area (Å²) in [7, 11) is 0. The number of aromatic nitrogens is 2. The minimum Gasteiger partial charge on any atom is -0.322 e. The summed E-state index contributed by atoms with van der Waals surface area (Å²) in [6, 6.07) is 10.7. The van der Waals surface area contributed by atoms with Gasteiger partial charge in [-0.25, -0.2) is 17.9 Å². The Bertz CT molecular complexity index is 1020. The number of benzene rings is 2. The molecule has 0 aliphatic carbocycles. The van der Waals surface area contributed by atoms with E-state index >= 15 is 0 Å². The fourth-order valence-corrected chi connectivity index (χ4v) is 2.26. The molecule has 0 radical (unpaired) electrons. The molecule has 1 aromatic heterocycles. The summed E-state index contributed by atoms with van der Waals surface area (Å²) in [6.45, 7) is -0.496. The Morgan fingerprint density at radius 3 is 2.38 bits per heavy atom. The summed E-state index contributed by atoms with van der Waals surface area (Å²) < 4.78 is 40.6. The maximum atomic E-state index is 13.6. The molecule has 0 unspecified atom stereocenters. The molecule has 0 saturated heterocycles. The third kappa shape index (κ3) is 3.97. The summed E-state index contributed by atoms with van der Waals surface area (Å²) in [5.41, 5.74) is 0.0227. The van der Waals surface area contributed by atoms with E-state index < -0.39 is 35.5 Å². The van der Waals surface area contributed by atoms with Crippen LogP contribution in [0.15, 0.2) is 59.4 Å². The third-order valence-corrected chi connectivity index (χ3v) is 3.50. The lowest BCUT2D eigenvalue weighted by Gasteiger charge is -2.09. The van der Waals surface area contributed by atoms with Crippen LogP contribution in [0.3, 0.4) is 0 Å². The first-order valence-electron chi connectivity index (χ1n) is 7.51. The summed E-state index contributed by atoms with van der Waals surface area (Å²) in [5.74, 6) is -2.69. The molecule has 0 saturated carbocycles. The summed E-state index contributed by atoms with van der Waals surface area (Å²) in [5, 5.41) is 6.24. The van der Waals surface area contributed by atoms with Crippen LogP contribution in [0.4, 0.5) is 18.9 Å². The van der Waals surface area contributed by atoms with Crippen molar-refractivity contribution >= 4 is 11.6 Å². The summed E-state index contributed by atoms with van der Waals surface area (Å²) in [6.07, 6.45) is 0. The molecular formula is C18H12F3N3O2. The molecule has 3 rings (SSSR count). The first-order chi connectivity index (χ1) is 12.4. The van der Waals surface area contributed by atoms with Crippen molar-refractivity contribution in [3.63, 3.8) is 0 Å². The molecule has 26 heavy (non-hydrogen) atoms. The average molecular weight is 359 g/mol. The van der Waals surface area contributed by atoms with Crippen LogP contribution in [0, 0.1) is 17.5 Å². The molecule has 0 aliphatic heterocycles. The zero-order valence-corrected chi connectivity index (χ0v) is 13.2. The second kappa shape index (κ2) is 7.22. The maximum Gasteiger partial charge on any atom is 0.267 e. The molecule has 0 aliphatic rings. The maximum absolute atomic E-state index is 13.6. The van der Waals surface area contributed by atoms with E-state index in [2.05, 4.69) is 10.4 Å². The minimum absolute atomic E-state index is 0.335. The monoisotopic (exact) mass is 359 g/mol. The predicted octanol–water partition coefficient (Wildman–Crippen LogP) is 2.97. The quantitative estimate of drug-likeness (QED) is 0.779. The SMILES string of the molecule is O=C(Cn1nc(-c2ccc(F)cc2)ccc1=O)Nc1cc(F)ccc1F. The number of amides is 1. The van der Waals surface area contributed by atoms with Gasteiger partial charge in [0.25, 0.3) is 5.56 Å². The van der Waals surface area contributed by atoms with Crippen molar-refractivity contribution in [2.45, 2.75) is 6.54 Å². The van der Waals surface area contributed by atoms with Gasteiger partial charge in [-0.15, -0.1) is 0 Å². The van der Waals surface area contributed by atoms with Crippen LogP contribution in [0.1, 0.15) is 0 Å². The number of carbonyl (C=O) groups is 1. The number of nitrogens with one attached hydrogen (secondary N) is 1. The first kappa shape index (κ1) is 17.4. The Morgan fingerprint density at radius 2 is 1.65 bits per heavy atom. The van der Waals surface area contributed by atoms with Gasteiger partial charge >= 0.3 is 0 Å². The zero-order valence-electron chi connectivity index (χ0n) is 13.2. The largest absolute Gasteiger partial charge is 0.322 e. The molecule has 1 amide bonds. The average Bonchev–Trinajstić information content (AvgIpc) is 2.61. The van der Waals surface area contributed by atoms with E-state index in [4.69, 9.17) is 0 Å². The lowest BCUT2D eigenvalue weighted by Crippen LogP contribution is -2.29. The smallest absolute Gasteiger partial charge is 0.267 e. The van der Waals surface area contributed by atoms with E-state index in [1.807, 2.05) is 0 Å². The number of hydrogen-bond acceptors (Lipinski definition) is 3. The minimum atomic E-state index is -0.805. The zero-order chi connectivity index (χ0) is 18.7. The van der Waals surface area contributed by atoms with Gasteiger partial charge in [0.2, 0.25) is 5.91 Å². The lowest BCUT2D eigenvalue weighted by molar-refractivity contribution is -0.117. The summed E-state index contributed by atoms with van der Waals surface area (Å²) in [4.78, 5) is 23.9. The van der Waals surface area contributed by atoms with Crippen LogP contribution in [0.2, 0.25) is 0 Å². The van der Waals surface area contributed by atoms with Crippen molar-refractivity contribution in [1.82, 2.24) is 9.78 Å². The van der Waals surface area contributed by atoms with Crippen molar-refractivity contribution in [3.8, 4) is 11.3 Å². The van der Waals surface area contributed by atoms with Gasteiger partial charge in [0.05, 0.1) is 11.4 Å². The van der Waals surface area contributed by atoms with Crippen LogP contribution < -0.4 is 10.9 Å². The van der Waals surface area contributed by atoms with Gasteiger partial charge in [0.15, 0.2) is 0 Å². The topological polar surface area (TPSA) is 64.0 Å². The number of rotatable bonds is 4. The fourth-order valence-electron chi connectivity index (χ4n) is 2.26. The van der Waals surface area contributed by atoms with Crippen LogP contribution in [0.5, 0.6) is 0 Å². The van der Waals surface area contributed by atoms with Crippen LogP contribution >= 0.6 is 0 Å². The highest BCUT2D eigenvalue weighted by atomic mass is 19.1. The number of hydrogen-bond donors (Lipinski definition) is 1. The van der Waals surface area contributed by atoms with E-state index in [0.717, 1.165) is 22.9 Å². The molecule has 1 N–H and O–H groups in total.